The fourth-order valence-corrected chi connectivity index (χ4v) is 5.46. The third-order valence-corrected chi connectivity index (χ3v) is 6.89. The number of aryl methyl sites for hydroxylation is 1. The molecule has 0 fully saturated rings. The zero-order chi connectivity index (χ0) is 19.1. The minimum Gasteiger partial charge on any atom is -0.506 e. The number of amides is 1. The maximum absolute atomic E-state index is 12.7. The van der Waals surface area contributed by atoms with Gasteiger partial charge in [-0.1, -0.05) is 13.0 Å². The van der Waals surface area contributed by atoms with Gasteiger partial charge in [-0.15, -0.1) is 23.1 Å². The Morgan fingerprint density at radius 3 is 3.00 bits per heavy atom. The van der Waals surface area contributed by atoms with Crippen molar-refractivity contribution in [3.05, 3.63) is 50.6 Å². The molecule has 2 heterocycles. The van der Waals surface area contributed by atoms with Crippen LogP contribution in [0.1, 0.15) is 34.1 Å². The number of carbonyl (C=O) groups excluding carboxylic acids is 1. The number of thiophene rings is 1. The van der Waals surface area contributed by atoms with Crippen molar-refractivity contribution in [1.82, 2.24) is 4.98 Å². The smallest absolute Gasteiger partial charge is 0.265 e. The van der Waals surface area contributed by atoms with E-state index in [-0.39, 0.29) is 11.3 Å². The quantitative estimate of drug-likeness (QED) is 0.569. The number of anilines is 1. The second kappa shape index (κ2) is 7.05. The molecule has 3 N–H and O–H groups in total. The van der Waals surface area contributed by atoms with Gasteiger partial charge in [0, 0.05) is 15.5 Å². The Bertz CT molecular complexity index is 1100. The lowest BCUT2D eigenvalue weighted by Crippen LogP contribution is -2.23. The number of benzene rings is 1. The first-order valence-corrected chi connectivity index (χ1v) is 10.9. The van der Waals surface area contributed by atoms with Crippen molar-refractivity contribution in [1.29, 1.82) is 0 Å². The van der Waals surface area contributed by atoms with Crippen LogP contribution in [-0.2, 0) is 12.8 Å². The molecule has 5 nitrogen and oxygen atoms in total. The molecule has 0 saturated carbocycles. The van der Waals surface area contributed by atoms with Gasteiger partial charge in [-0.2, -0.15) is 0 Å². The van der Waals surface area contributed by atoms with Gasteiger partial charge in [-0.25, -0.2) is 0 Å². The van der Waals surface area contributed by atoms with Crippen molar-refractivity contribution in [3.8, 4) is 5.75 Å². The molecule has 7 heteroatoms. The molecule has 1 atom stereocenters. The molecule has 1 amide bonds. The predicted molar refractivity (Wildman–Crippen MR) is 111 cm³/mol. The van der Waals surface area contributed by atoms with Crippen LogP contribution in [0.15, 0.2) is 34.0 Å². The molecule has 27 heavy (non-hydrogen) atoms. The van der Waals surface area contributed by atoms with E-state index in [0.717, 1.165) is 29.7 Å². The van der Waals surface area contributed by atoms with E-state index in [0.29, 0.717) is 21.8 Å². The fraction of sp³-hybridized carbons (Fsp3) is 0.300. The Labute approximate surface area is 164 Å². The summed E-state index contributed by atoms with van der Waals surface area (Å²) in [5, 5.41) is 14.2. The summed E-state index contributed by atoms with van der Waals surface area (Å²) in [6.45, 7) is 2.21. The van der Waals surface area contributed by atoms with E-state index in [2.05, 4.69) is 17.2 Å². The van der Waals surface area contributed by atoms with Crippen molar-refractivity contribution < 1.29 is 9.90 Å². The van der Waals surface area contributed by atoms with Crippen LogP contribution in [0.25, 0.3) is 10.2 Å². The van der Waals surface area contributed by atoms with Crippen molar-refractivity contribution in [3.63, 3.8) is 0 Å². The van der Waals surface area contributed by atoms with E-state index in [1.54, 1.807) is 17.8 Å². The molecule has 140 valence electrons. The van der Waals surface area contributed by atoms with Gasteiger partial charge >= 0.3 is 0 Å². The standard InChI is InChI=1S/C20H20N2O3S2/c1-10-6-7-13-14(8-10)27-20-15(13)17(23)16(19(25)22-20)18(24)21-11-4-3-5-12(9-11)26-2/h3-5,9-10H,6-8H2,1-2H3,(H,21,24)(H2,22,23,25)/t10-/m1/s1. The Hall–Kier alpha value is -2.25. The van der Waals surface area contributed by atoms with Crippen molar-refractivity contribution in [2.45, 2.75) is 31.1 Å². The van der Waals surface area contributed by atoms with Crippen LogP contribution in [0.3, 0.4) is 0 Å². The summed E-state index contributed by atoms with van der Waals surface area (Å²) in [6.07, 6.45) is 4.79. The molecule has 0 unspecified atom stereocenters. The first-order chi connectivity index (χ1) is 13.0. The molecule has 0 aliphatic heterocycles. The van der Waals surface area contributed by atoms with E-state index in [1.807, 2.05) is 24.5 Å². The maximum atomic E-state index is 12.7. The van der Waals surface area contributed by atoms with Gasteiger partial charge in [-0.3, -0.25) is 9.59 Å². The summed E-state index contributed by atoms with van der Waals surface area (Å²) in [5.41, 5.74) is 0.869. The van der Waals surface area contributed by atoms with Gasteiger partial charge in [0.15, 0.2) is 0 Å². The number of aromatic amines is 1. The van der Waals surface area contributed by atoms with E-state index >= 15 is 0 Å². The summed E-state index contributed by atoms with van der Waals surface area (Å²) in [5.74, 6) is -0.219. The Kier molecular flexibility index (Phi) is 4.74. The lowest BCUT2D eigenvalue weighted by atomic mass is 9.89. The highest BCUT2D eigenvalue weighted by Gasteiger charge is 2.27. The van der Waals surface area contributed by atoms with Crippen LogP contribution in [0, 0.1) is 5.92 Å². The summed E-state index contributed by atoms with van der Waals surface area (Å²) in [7, 11) is 0. The van der Waals surface area contributed by atoms with Crippen molar-refractivity contribution in [2.75, 3.05) is 11.6 Å². The lowest BCUT2D eigenvalue weighted by molar-refractivity contribution is 0.102. The second-order valence-corrected chi connectivity index (χ2v) is 8.90. The number of H-pyrrole nitrogens is 1. The summed E-state index contributed by atoms with van der Waals surface area (Å²) >= 11 is 3.07. The minimum atomic E-state index is -0.599. The van der Waals surface area contributed by atoms with Crippen LogP contribution >= 0.6 is 23.1 Å². The highest BCUT2D eigenvalue weighted by molar-refractivity contribution is 7.98. The molecule has 2 aromatic heterocycles. The van der Waals surface area contributed by atoms with E-state index in [9.17, 15) is 14.7 Å². The zero-order valence-corrected chi connectivity index (χ0v) is 16.7. The number of nitrogens with one attached hydrogen (secondary N) is 2. The molecule has 0 bridgehead atoms. The number of fused-ring (bicyclic) bond motifs is 3. The monoisotopic (exact) mass is 400 g/mol. The number of pyridine rings is 1. The number of carbonyl (C=O) groups is 1. The van der Waals surface area contributed by atoms with Gasteiger partial charge in [-0.05, 0) is 55.2 Å². The largest absolute Gasteiger partial charge is 0.506 e. The van der Waals surface area contributed by atoms with E-state index < -0.39 is 11.5 Å². The molecule has 4 rings (SSSR count). The topological polar surface area (TPSA) is 82.2 Å². The Morgan fingerprint density at radius 2 is 2.22 bits per heavy atom. The van der Waals surface area contributed by atoms with Gasteiger partial charge in [0.2, 0.25) is 0 Å². The van der Waals surface area contributed by atoms with Crippen molar-refractivity contribution >= 4 is 44.9 Å². The molecule has 1 aromatic carbocycles. The number of aromatic nitrogens is 1. The SMILES string of the molecule is CSc1cccc(NC(=O)c2c(O)c3c4c(sc3[nH]c2=O)C[C@H](C)CC4)c1. The predicted octanol–water partition coefficient (Wildman–Crippen LogP) is 4.39. The maximum Gasteiger partial charge on any atom is 0.265 e. The molecule has 0 spiro atoms. The lowest BCUT2D eigenvalue weighted by Gasteiger charge is -2.18. The van der Waals surface area contributed by atoms with E-state index in [4.69, 9.17) is 0 Å². The summed E-state index contributed by atoms with van der Waals surface area (Å²) in [6, 6.07) is 7.37. The number of thioether (sulfide) groups is 1. The Balaban J connectivity index is 1.77. The van der Waals surface area contributed by atoms with Crippen LogP contribution in [0.5, 0.6) is 5.75 Å². The van der Waals surface area contributed by atoms with Crippen molar-refractivity contribution in [2.24, 2.45) is 5.92 Å². The Morgan fingerprint density at radius 1 is 1.41 bits per heavy atom. The zero-order valence-electron chi connectivity index (χ0n) is 15.1. The van der Waals surface area contributed by atoms with Crippen LogP contribution in [0.2, 0.25) is 0 Å². The number of hydrogen-bond donors (Lipinski definition) is 3. The molecule has 1 aliphatic carbocycles. The molecular weight excluding hydrogens is 380 g/mol. The van der Waals surface area contributed by atoms with Gasteiger partial charge < -0.3 is 15.4 Å². The first-order valence-electron chi connectivity index (χ1n) is 8.82. The number of hydrogen-bond acceptors (Lipinski definition) is 5. The van der Waals surface area contributed by atoms with Gasteiger partial charge in [0.25, 0.3) is 11.5 Å². The van der Waals surface area contributed by atoms with Crippen LogP contribution in [-0.4, -0.2) is 22.3 Å². The highest BCUT2D eigenvalue weighted by atomic mass is 32.2. The number of rotatable bonds is 3. The average molecular weight is 401 g/mol. The summed E-state index contributed by atoms with van der Waals surface area (Å²) < 4.78 is 0. The molecule has 1 aliphatic rings. The highest BCUT2D eigenvalue weighted by Crippen LogP contribution is 2.41. The average Bonchev–Trinajstić information content (AvgIpc) is 2.98. The molecule has 0 radical (unpaired) electrons. The molecule has 0 saturated heterocycles. The minimum absolute atomic E-state index is 0.209. The van der Waals surface area contributed by atoms with Gasteiger partial charge in [0.1, 0.15) is 16.1 Å². The second-order valence-electron chi connectivity index (χ2n) is 6.92. The van der Waals surface area contributed by atoms with Gasteiger partial charge in [0.05, 0.1) is 5.39 Å². The summed E-state index contributed by atoms with van der Waals surface area (Å²) in [4.78, 5) is 30.9. The van der Waals surface area contributed by atoms with Crippen LogP contribution in [0.4, 0.5) is 5.69 Å². The molecular formula is C20H20N2O3S2. The first kappa shape index (κ1) is 18.1. The third kappa shape index (κ3) is 3.26. The third-order valence-electron chi connectivity index (χ3n) is 4.99. The van der Waals surface area contributed by atoms with E-state index in [1.165, 1.54) is 16.2 Å². The molecule has 3 aromatic rings. The fourth-order valence-electron chi connectivity index (χ4n) is 3.59. The normalized spacial score (nSPS) is 16.3. The van der Waals surface area contributed by atoms with Crippen LogP contribution < -0.4 is 10.9 Å². The number of aromatic hydroxyl groups is 1.